The summed E-state index contributed by atoms with van der Waals surface area (Å²) in [5.41, 5.74) is 0.597. The van der Waals surface area contributed by atoms with Gasteiger partial charge in [-0.1, -0.05) is 12.5 Å². The topological polar surface area (TPSA) is 84.9 Å². The van der Waals surface area contributed by atoms with Gasteiger partial charge < -0.3 is 14.6 Å². The molecule has 0 aromatic carbocycles. The van der Waals surface area contributed by atoms with Crippen LogP contribution in [0.1, 0.15) is 32.6 Å². The molecule has 21 heavy (non-hydrogen) atoms. The zero-order valence-electron chi connectivity index (χ0n) is 12.8. The predicted octanol–water partition coefficient (Wildman–Crippen LogP) is 0.790. The van der Waals surface area contributed by atoms with Crippen LogP contribution in [0.5, 0.6) is 0 Å². The van der Waals surface area contributed by atoms with Crippen molar-refractivity contribution in [1.29, 1.82) is 0 Å². The first-order valence-corrected chi connectivity index (χ1v) is 7.31. The Labute approximate surface area is 125 Å². The van der Waals surface area contributed by atoms with Crippen molar-refractivity contribution in [2.24, 2.45) is 5.92 Å². The molecule has 0 aromatic rings. The maximum absolute atomic E-state index is 11.8. The number of carbonyl (C=O) groups excluding carboxylic acids is 2. The molecule has 1 rings (SSSR count). The number of allylic oxidation sites excluding steroid dienone is 1. The van der Waals surface area contributed by atoms with Gasteiger partial charge in [0, 0.05) is 25.2 Å². The molecule has 0 aliphatic carbocycles. The van der Waals surface area contributed by atoms with Gasteiger partial charge in [0.25, 0.3) is 5.91 Å². The molecular formula is C15H25NO5. The van der Waals surface area contributed by atoms with E-state index in [-0.39, 0.29) is 30.4 Å². The minimum absolute atomic E-state index is 0.0644. The van der Waals surface area contributed by atoms with E-state index >= 15 is 0 Å². The Hall–Kier alpha value is -1.24. The van der Waals surface area contributed by atoms with Crippen molar-refractivity contribution in [3.05, 3.63) is 11.6 Å². The molecule has 2 atom stereocenters. The highest BCUT2D eigenvalue weighted by atomic mass is 16.5. The summed E-state index contributed by atoms with van der Waals surface area (Å²) in [6.45, 7) is 2.54. The van der Waals surface area contributed by atoms with Gasteiger partial charge in [-0.25, -0.2) is 0 Å². The number of hydrogen-bond acceptors (Lipinski definition) is 5. The van der Waals surface area contributed by atoms with Crippen molar-refractivity contribution in [3.63, 3.8) is 0 Å². The number of amides is 2. The fraction of sp³-hybridized carbons (Fsp3) is 0.733. The summed E-state index contributed by atoms with van der Waals surface area (Å²) in [7, 11) is 1.56. The van der Waals surface area contributed by atoms with Gasteiger partial charge in [0.15, 0.2) is 0 Å². The van der Waals surface area contributed by atoms with Gasteiger partial charge in [-0.2, -0.15) is 0 Å². The van der Waals surface area contributed by atoms with Crippen LogP contribution in [0.25, 0.3) is 0 Å². The van der Waals surface area contributed by atoms with Crippen LogP contribution in [-0.2, 0) is 19.1 Å². The lowest BCUT2D eigenvalue weighted by Gasteiger charge is -2.15. The third kappa shape index (κ3) is 6.37. The first-order valence-electron chi connectivity index (χ1n) is 7.31. The first-order chi connectivity index (χ1) is 10.1. The van der Waals surface area contributed by atoms with Gasteiger partial charge >= 0.3 is 0 Å². The van der Waals surface area contributed by atoms with Crippen molar-refractivity contribution < 1.29 is 24.2 Å². The van der Waals surface area contributed by atoms with Gasteiger partial charge in [0.2, 0.25) is 5.91 Å². The first kappa shape index (κ1) is 17.8. The van der Waals surface area contributed by atoms with Crippen LogP contribution >= 0.6 is 0 Å². The molecule has 1 aliphatic heterocycles. The van der Waals surface area contributed by atoms with Crippen molar-refractivity contribution in [3.8, 4) is 0 Å². The Bertz CT molecular complexity index is 380. The number of aliphatic hydroxyl groups is 1. The second kappa shape index (κ2) is 9.65. The summed E-state index contributed by atoms with van der Waals surface area (Å²) in [5, 5.41) is 11.4. The zero-order valence-corrected chi connectivity index (χ0v) is 12.8. The maximum Gasteiger partial charge on any atom is 0.253 e. The normalized spacial score (nSPS) is 20.7. The van der Waals surface area contributed by atoms with Crippen LogP contribution < -0.4 is 5.32 Å². The number of unbranched alkanes of at least 4 members (excludes halogenated alkanes) is 1. The van der Waals surface area contributed by atoms with Crippen LogP contribution in [0, 0.1) is 5.92 Å². The zero-order chi connectivity index (χ0) is 15.7. The molecule has 0 saturated heterocycles. The highest BCUT2D eigenvalue weighted by Crippen LogP contribution is 2.18. The molecule has 0 fully saturated rings. The van der Waals surface area contributed by atoms with Crippen LogP contribution in [0.15, 0.2) is 11.6 Å². The summed E-state index contributed by atoms with van der Waals surface area (Å²) < 4.78 is 10.4. The Morgan fingerprint density at radius 2 is 2.19 bits per heavy atom. The van der Waals surface area contributed by atoms with Crippen LogP contribution in [0.3, 0.4) is 0 Å². The summed E-state index contributed by atoms with van der Waals surface area (Å²) >= 11 is 0. The monoisotopic (exact) mass is 299 g/mol. The van der Waals surface area contributed by atoms with E-state index in [0.717, 1.165) is 19.3 Å². The molecule has 2 amide bonds. The van der Waals surface area contributed by atoms with Gasteiger partial charge in [0.1, 0.15) is 6.10 Å². The number of ether oxygens (including phenoxy) is 2. The average Bonchev–Trinajstić information content (AvgIpc) is 2.58. The van der Waals surface area contributed by atoms with Gasteiger partial charge in [-0.3, -0.25) is 14.9 Å². The molecular weight excluding hydrogens is 274 g/mol. The Kier molecular flexibility index (Phi) is 8.19. The molecule has 0 bridgehead atoms. The maximum atomic E-state index is 11.8. The molecule has 1 aliphatic rings. The van der Waals surface area contributed by atoms with Crippen LogP contribution in [-0.4, -0.2) is 50.0 Å². The van der Waals surface area contributed by atoms with E-state index in [4.69, 9.17) is 14.6 Å². The number of imide groups is 1. The van der Waals surface area contributed by atoms with E-state index in [0.29, 0.717) is 25.2 Å². The Morgan fingerprint density at radius 3 is 2.86 bits per heavy atom. The Morgan fingerprint density at radius 1 is 1.43 bits per heavy atom. The fourth-order valence-electron chi connectivity index (χ4n) is 2.16. The lowest BCUT2D eigenvalue weighted by Crippen LogP contribution is -2.34. The van der Waals surface area contributed by atoms with E-state index in [2.05, 4.69) is 5.32 Å². The largest absolute Gasteiger partial charge is 0.394 e. The van der Waals surface area contributed by atoms with E-state index in [9.17, 15) is 9.59 Å². The average molecular weight is 299 g/mol. The van der Waals surface area contributed by atoms with E-state index in [1.54, 1.807) is 14.0 Å². The molecule has 0 radical (unpaired) electrons. The molecule has 2 N–H and O–H groups in total. The molecule has 6 heteroatoms. The lowest BCUT2D eigenvalue weighted by atomic mass is 9.97. The second-order valence-electron chi connectivity index (χ2n) is 5.26. The standard InChI is InChI=1S/C15H25NO5/c1-11-6-7-12(15(19)16-14(11)18)5-3-4-8-21-13(9-17)10-20-2/h6,12-13,17H,3-5,7-10H2,1-2H3,(H,16,18,19)/t12?,13-/m0/s1. The molecule has 1 unspecified atom stereocenters. The molecule has 0 aromatic heterocycles. The SMILES string of the molecule is COC[C@H](CO)OCCCCC1CC=C(C)C(=O)NC1=O. The van der Waals surface area contributed by atoms with Crippen molar-refractivity contribution in [2.45, 2.75) is 38.7 Å². The molecule has 1 heterocycles. The smallest absolute Gasteiger partial charge is 0.253 e. The molecule has 6 nitrogen and oxygen atoms in total. The van der Waals surface area contributed by atoms with Crippen molar-refractivity contribution in [2.75, 3.05) is 26.9 Å². The number of rotatable bonds is 9. The minimum Gasteiger partial charge on any atom is -0.394 e. The Balaban J connectivity index is 2.23. The lowest BCUT2D eigenvalue weighted by molar-refractivity contribution is -0.130. The van der Waals surface area contributed by atoms with Crippen LogP contribution in [0.2, 0.25) is 0 Å². The fourth-order valence-corrected chi connectivity index (χ4v) is 2.16. The van der Waals surface area contributed by atoms with Gasteiger partial charge in [0.05, 0.1) is 13.2 Å². The summed E-state index contributed by atoms with van der Waals surface area (Å²) in [6, 6.07) is 0. The number of hydrogen-bond donors (Lipinski definition) is 2. The quantitative estimate of drug-likeness (QED) is 0.486. The minimum atomic E-state index is -0.295. The number of aliphatic hydroxyl groups excluding tert-OH is 1. The third-order valence-corrected chi connectivity index (χ3v) is 3.53. The summed E-state index contributed by atoms with van der Waals surface area (Å²) in [5.74, 6) is -0.642. The summed E-state index contributed by atoms with van der Waals surface area (Å²) in [4.78, 5) is 23.3. The third-order valence-electron chi connectivity index (χ3n) is 3.53. The van der Waals surface area contributed by atoms with E-state index in [1.807, 2.05) is 6.08 Å². The number of carbonyl (C=O) groups is 2. The highest BCUT2D eigenvalue weighted by molar-refractivity contribution is 6.05. The van der Waals surface area contributed by atoms with Crippen molar-refractivity contribution >= 4 is 11.8 Å². The molecule has 120 valence electrons. The molecule has 0 saturated carbocycles. The molecule has 0 spiro atoms. The van der Waals surface area contributed by atoms with Gasteiger partial charge in [-0.15, -0.1) is 0 Å². The highest BCUT2D eigenvalue weighted by Gasteiger charge is 2.23. The summed E-state index contributed by atoms with van der Waals surface area (Å²) in [6.07, 6.45) is 4.50. The predicted molar refractivity (Wildman–Crippen MR) is 77.6 cm³/mol. The van der Waals surface area contributed by atoms with E-state index in [1.165, 1.54) is 0 Å². The van der Waals surface area contributed by atoms with Crippen LogP contribution in [0.4, 0.5) is 0 Å². The van der Waals surface area contributed by atoms with Crippen molar-refractivity contribution in [1.82, 2.24) is 5.32 Å². The van der Waals surface area contributed by atoms with Gasteiger partial charge in [-0.05, 0) is 26.2 Å². The number of methoxy groups -OCH3 is 1. The number of nitrogens with one attached hydrogen (secondary N) is 1. The van der Waals surface area contributed by atoms with E-state index < -0.39 is 0 Å². The second-order valence-corrected chi connectivity index (χ2v) is 5.26.